The second-order valence-electron chi connectivity index (χ2n) is 8.36. The zero-order chi connectivity index (χ0) is 23.8. The minimum absolute atomic E-state index is 0.0124. The summed E-state index contributed by atoms with van der Waals surface area (Å²) < 4.78 is 10.6. The summed E-state index contributed by atoms with van der Waals surface area (Å²) in [6, 6.07) is 16.9. The predicted octanol–water partition coefficient (Wildman–Crippen LogP) is 3.51. The van der Waals surface area contributed by atoms with Gasteiger partial charge in [-0.05, 0) is 18.1 Å². The molecule has 1 aromatic heterocycles. The molecular formula is C26H31N5O3. The van der Waals surface area contributed by atoms with Gasteiger partial charge in [0.25, 0.3) is 0 Å². The first-order valence-electron chi connectivity index (χ1n) is 11.6. The number of benzene rings is 2. The highest BCUT2D eigenvalue weighted by molar-refractivity contribution is 6.09. The topological polar surface area (TPSA) is 106 Å². The number of morpholine rings is 1. The Kier molecular flexibility index (Phi) is 8.06. The van der Waals surface area contributed by atoms with Gasteiger partial charge < -0.3 is 20.3 Å². The Bertz CT molecular complexity index is 1110. The summed E-state index contributed by atoms with van der Waals surface area (Å²) in [6.45, 7) is 7.17. The van der Waals surface area contributed by atoms with Crippen molar-refractivity contribution in [2.24, 2.45) is 10.7 Å². The van der Waals surface area contributed by atoms with Crippen LogP contribution in [0.5, 0.6) is 0 Å². The number of hydrogen-bond acceptors (Lipinski definition) is 6. The maximum atomic E-state index is 12.9. The van der Waals surface area contributed by atoms with Crippen LogP contribution < -0.4 is 11.1 Å². The van der Waals surface area contributed by atoms with Gasteiger partial charge in [0.05, 0.1) is 13.2 Å². The molecule has 0 bridgehead atoms. The zero-order valence-corrected chi connectivity index (χ0v) is 19.4. The fourth-order valence-electron chi connectivity index (χ4n) is 4.01. The third-order valence-electron chi connectivity index (χ3n) is 5.97. The molecule has 2 aromatic carbocycles. The Morgan fingerprint density at radius 3 is 2.71 bits per heavy atom. The van der Waals surface area contributed by atoms with Gasteiger partial charge in [-0.15, -0.1) is 0 Å². The molecule has 1 fully saturated rings. The quantitative estimate of drug-likeness (QED) is 0.217. The molecule has 0 aliphatic carbocycles. The Hall–Kier alpha value is -3.49. The molecule has 0 spiro atoms. The van der Waals surface area contributed by atoms with Gasteiger partial charge in [0.2, 0.25) is 0 Å². The number of anilines is 1. The molecule has 1 aliphatic rings. The van der Waals surface area contributed by atoms with Crippen molar-refractivity contribution in [2.75, 3.05) is 44.7 Å². The highest BCUT2D eigenvalue weighted by atomic mass is 16.5. The first kappa shape index (κ1) is 23.7. The van der Waals surface area contributed by atoms with Gasteiger partial charge in [-0.2, -0.15) is 0 Å². The minimum atomic E-state index is -0.112. The number of nitrogens with one attached hydrogen (secondary N) is 1. The summed E-state index contributed by atoms with van der Waals surface area (Å²) in [4.78, 5) is 19.7. The van der Waals surface area contributed by atoms with E-state index in [9.17, 15) is 4.79 Å². The molecule has 0 amide bonds. The SMILES string of the molecule is CC(c1cccc(C(=O)c2ccccc2)c1)c1nocc1NC(N)=NCCCN1CCOCC1. The van der Waals surface area contributed by atoms with E-state index in [1.54, 1.807) is 0 Å². The van der Waals surface area contributed by atoms with Crippen LogP contribution in [0.1, 0.15) is 46.4 Å². The maximum absolute atomic E-state index is 12.9. The van der Waals surface area contributed by atoms with E-state index in [1.807, 2.05) is 61.5 Å². The smallest absolute Gasteiger partial charge is 0.193 e. The van der Waals surface area contributed by atoms with Crippen LogP contribution in [-0.4, -0.2) is 61.2 Å². The summed E-state index contributed by atoms with van der Waals surface area (Å²) in [5.74, 6) is 0.201. The van der Waals surface area contributed by atoms with Crippen molar-refractivity contribution >= 4 is 17.4 Å². The van der Waals surface area contributed by atoms with Crippen LogP contribution >= 0.6 is 0 Å². The Morgan fingerprint density at radius 2 is 1.91 bits per heavy atom. The van der Waals surface area contributed by atoms with E-state index in [2.05, 4.69) is 20.4 Å². The Balaban J connectivity index is 1.38. The van der Waals surface area contributed by atoms with Crippen molar-refractivity contribution in [1.29, 1.82) is 0 Å². The molecule has 1 saturated heterocycles. The lowest BCUT2D eigenvalue weighted by Gasteiger charge is -2.26. The Morgan fingerprint density at radius 1 is 1.15 bits per heavy atom. The number of carbonyl (C=O) groups is 1. The van der Waals surface area contributed by atoms with Gasteiger partial charge in [-0.25, -0.2) is 0 Å². The molecule has 0 saturated carbocycles. The molecule has 34 heavy (non-hydrogen) atoms. The summed E-state index contributed by atoms with van der Waals surface area (Å²) in [7, 11) is 0. The number of carbonyl (C=O) groups excluding carboxylic acids is 1. The monoisotopic (exact) mass is 461 g/mol. The van der Waals surface area contributed by atoms with Crippen molar-refractivity contribution < 1.29 is 14.1 Å². The number of guanidine groups is 1. The van der Waals surface area contributed by atoms with E-state index in [0.717, 1.165) is 44.8 Å². The molecule has 4 rings (SSSR count). The van der Waals surface area contributed by atoms with E-state index in [-0.39, 0.29) is 11.7 Å². The van der Waals surface area contributed by atoms with Gasteiger partial charge in [0.15, 0.2) is 11.7 Å². The van der Waals surface area contributed by atoms with Crippen molar-refractivity contribution in [3.8, 4) is 0 Å². The van der Waals surface area contributed by atoms with Gasteiger partial charge in [-0.1, -0.05) is 60.6 Å². The third kappa shape index (κ3) is 6.09. The summed E-state index contributed by atoms with van der Waals surface area (Å²) in [6.07, 6.45) is 2.46. The molecule has 1 aliphatic heterocycles. The maximum Gasteiger partial charge on any atom is 0.193 e. The van der Waals surface area contributed by atoms with E-state index in [1.165, 1.54) is 6.26 Å². The van der Waals surface area contributed by atoms with E-state index < -0.39 is 0 Å². The fourth-order valence-corrected chi connectivity index (χ4v) is 4.01. The third-order valence-corrected chi connectivity index (χ3v) is 5.97. The first-order valence-corrected chi connectivity index (χ1v) is 11.6. The van der Waals surface area contributed by atoms with Gasteiger partial charge in [0, 0.05) is 43.2 Å². The van der Waals surface area contributed by atoms with E-state index >= 15 is 0 Å². The zero-order valence-electron chi connectivity index (χ0n) is 19.4. The highest BCUT2D eigenvalue weighted by Gasteiger charge is 2.19. The molecule has 178 valence electrons. The highest BCUT2D eigenvalue weighted by Crippen LogP contribution is 2.29. The van der Waals surface area contributed by atoms with Crippen LogP contribution in [0.2, 0.25) is 0 Å². The molecule has 1 atom stereocenters. The molecule has 3 aromatic rings. The minimum Gasteiger partial charge on any atom is -0.379 e. The number of hydrogen-bond donors (Lipinski definition) is 2. The van der Waals surface area contributed by atoms with Crippen LogP contribution in [0, 0.1) is 0 Å². The molecule has 2 heterocycles. The summed E-state index contributed by atoms with van der Waals surface area (Å²) >= 11 is 0. The van der Waals surface area contributed by atoms with Crippen LogP contribution in [0.3, 0.4) is 0 Å². The first-order chi connectivity index (χ1) is 16.6. The number of ether oxygens (including phenoxy) is 1. The van der Waals surface area contributed by atoms with Crippen molar-refractivity contribution in [3.63, 3.8) is 0 Å². The summed E-state index contributed by atoms with van der Waals surface area (Å²) in [5.41, 5.74) is 9.74. The number of ketones is 1. The molecule has 8 heteroatoms. The lowest BCUT2D eigenvalue weighted by atomic mass is 9.93. The second kappa shape index (κ2) is 11.6. The molecule has 8 nitrogen and oxygen atoms in total. The van der Waals surface area contributed by atoms with Gasteiger partial charge in [-0.3, -0.25) is 14.7 Å². The number of nitrogens with two attached hydrogens (primary N) is 1. The van der Waals surface area contributed by atoms with Crippen LogP contribution in [0.15, 0.2) is 70.4 Å². The number of rotatable bonds is 9. The normalized spacial score (nSPS) is 15.7. The predicted molar refractivity (Wildman–Crippen MR) is 132 cm³/mol. The molecular weight excluding hydrogens is 430 g/mol. The van der Waals surface area contributed by atoms with Gasteiger partial charge >= 0.3 is 0 Å². The van der Waals surface area contributed by atoms with Crippen LogP contribution in [-0.2, 0) is 4.74 Å². The fraction of sp³-hybridized carbons (Fsp3) is 0.346. The lowest BCUT2D eigenvalue weighted by molar-refractivity contribution is 0.0377. The largest absolute Gasteiger partial charge is 0.379 e. The number of aliphatic imine (C=N–C) groups is 1. The number of aromatic nitrogens is 1. The number of nitrogens with zero attached hydrogens (tertiary/aromatic N) is 3. The van der Waals surface area contributed by atoms with E-state index in [4.69, 9.17) is 15.0 Å². The summed E-state index contributed by atoms with van der Waals surface area (Å²) in [5, 5.41) is 7.30. The van der Waals surface area contributed by atoms with Gasteiger partial charge in [0.1, 0.15) is 17.6 Å². The molecule has 1 unspecified atom stereocenters. The average molecular weight is 462 g/mol. The Labute approximate surface area is 199 Å². The van der Waals surface area contributed by atoms with Crippen molar-refractivity contribution in [3.05, 3.63) is 83.2 Å². The van der Waals surface area contributed by atoms with Crippen molar-refractivity contribution in [2.45, 2.75) is 19.3 Å². The van der Waals surface area contributed by atoms with Crippen LogP contribution in [0.25, 0.3) is 0 Å². The van der Waals surface area contributed by atoms with Crippen LogP contribution in [0.4, 0.5) is 5.69 Å². The van der Waals surface area contributed by atoms with E-state index in [0.29, 0.717) is 35.0 Å². The molecule has 0 radical (unpaired) electrons. The second-order valence-corrected chi connectivity index (χ2v) is 8.36. The average Bonchev–Trinajstić information content (AvgIpc) is 3.35. The van der Waals surface area contributed by atoms with Crippen molar-refractivity contribution in [1.82, 2.24) is 10.1 Å². The standard InChI is InChI=1S/C26H31N5O3/c1-19(21-9-5-10-22(17-21)25(32)20-7-3-2-4-8-20)24-23(18-34-30-24)29-26(27)28-11-6-12-31-13-15-33-16-14-31/h2-5,7-10,17-19H,6,11-16H2,1H3,(H3,27,28,29). The molecule has 3 N–H and O–H groups in total. The lowest BCUT2D eigenvalue weighted by Crippen LogP contribution is -2.37.